The van der Waals surface area contributed by atoms with E-state index in [2.05, 4.69) is 84.3 Å². The molecule has 0 heterocycles. The first-order chi connectivity index (χ1) is 10.0. The Labute approximate surface area is 150 Å². The van der Waals surface area contributed by atoms with Crippen LogP contribution in [-0.4, -0.2) is 7.11 Å². The lowest BCUT2D eigenvalue weighted by Gasteiger charge is -2.20. The minimum absolute atomic E-state index is 0.178. The minimum Gasteiger partial charge on any atom is -0.380 e. The average molecular weight is 478 g/mol. The molecule has 0 aliphatic carbocycles. The molecule has 0 aromatic heterocycles. The van der Waals surface area contributed by atoms with Crippen LogP contribution in [0.15, 0.2) is 49.8 Å². The molecule has 0 bridgehead atoms. The van der Waals surface area contributed by atoms with E-state index in [0.29, 0.717) is 6.61 Å². The minimum atomic E-state index is 0.178. The van der Waals surface area contributed by atoms with Crippen LogP contribution in [0, 0.1) is 0 Å². The van der Waals surface area contributed by atoms with E-state index in [4.69, 9.17) is 4.74 Å². The summed E-state index contributed by atoms with van der Waals surface area (Å²) in [5.74, 6) is 0. The van der Waals surface area contributed by atoms with Crippen molar-refractivity contribution in [3.63, 3.8) is 0 Å². The van der Waals surface area contributed by atoms with Gasteiger partial charge in [-0.05, 0) is 36.8 Å². The fourth-order valence-corrected chi connectivity index (χ4v) is 4.02. The molecule has 2 rings (SSSR count). The molecule has 1 atom stereocenters. The maximum atomic E-state index is 5.29. The fraction of sp³-hybridized carbons (Fsp3) is 0.250. The molecular weight excluding hydrogens is 462 g/mol. The normalized spacial score (nSPS) is 12.2. The molecule has 0 amide bonds. The predicted molar refractivity (Wildman–Crippen MR) is 98.7 cm³/mol. The highest BCUT2D eigenvalue weighted by atomic mass is 79.9. The van der Waals surface area contributed by atoms with Crippen LogP contribution in [0.1, 0.15) is 24.1 Å². The molecule has 2 aromatic rings. The van der Waals surface area contributed by atoms with Gasteiger partial charge in [-0.3, -0.25) is 0 Å². The summed E-state index contributed by atoms with van der Waals surface area (Å²) >= 11 is 10.7. The Morgan fingerprint density at radius 2 is 1.86 bits per heavy atom. The van der Waals surface area contributed by atoms with E-state index in [1.807, 2.05) is 12.1 Å². The Morgan fingerprint density at radius 1 is 1.10 bits per heavy atom. The molecule has 0 saturated carbocycles. The average Bonchev–Trinajstić information content (AvgIpc) is 2.42. The molecule has 2 nitrogen and oxygen atoms in total. The van der Waals surface area contributed by atoms with Gasteiger partial charge in [-0.15, -0.1) is 0 Å². The molecule has 1 unspecified atom stereocenters. The summed E-state index contributed by atoms with van der Waals surface area (Å²) in [6.45, 7) is 2.71. The van der Waals surface area contributed by atoms with Crippen molar-refractivity contribution in [3.8, 4) is 0 Å². The number of nitrogens with one attached hydrogen (secondary N) is 1. The molecule has 0 aliphatic rings. The number of ether oxygens (including phenoxy) is 1. The van der Waals surface area contributed by atoms with Crippen LogP contribution >= 0.6 is 47.8 Å². The highest BCUT2D eigenvalue weighted by Crippen LogP contribution is 2.32. The van der Waals surface area contributed by atoms with Crippen molar-refractivity contribution in [2.75, 3.05) is 12.4 Å². The van der Waals surface area contributed by atoms with E-state index in [1.165, 1.54) is 5.56 Å². The van der Waals surface area contributed by atoms with Crippen LogP contribution < -0.4 is 5.32 Å². The van der Waals surface area contributed by atoms with Crippen LogP contribution in [0.25, 0.3) is 0 Å². The Balaban J connectivity index is 2.27. The van der Waals surface area contributed by atoms with Crippen molar-refractivity contribution in [1.82, 2.24) is 0 Å². The van der Waals surface area contributed by atoms with Crippen LogP contribution in [0.4, 0.5) is 5.69 Å². The highest BCUT2D eigenvalue weighted by Gasteiger charge is 2.13. The second-order valence-electron chi connectivity index (χ2n) is 4.73. The van der Waals surface area contributed by atoms with Gasteiger partial charge in [0.05, 0.1) is 6.61 Å². The van der Waals surface area contributed by atoms with Crippen molar-refractivity contribution in [2.45, 2.75) is 19.6 Å². The summed E-state index contributed by atoms with van der Waals surface area (Å²) in [5, 5.41) is 3.56. The standard InChI is InChI=1S/C16H16Br3NO/c1-10(12-7-6-11(17)8-15(12)19)20-16-5-3-4-14(18)13(16)9-21-2/h3-8,10,20H,9H2,1-2H3. The zero-order valence-electron chi connectivity index (χ0n) is 11.8. The zero-order valence-corrected chi connectivity index (χ0v) is 16.5. The SMILES string of the molecule is COCc1c(Br)cccc1NC(C)c1ccc(Br)cc1Br. The Morgan fingerprint density at radius 3 is 2.52 bits per heavy atom. The van der Waals surface area contributed by atoms with Crippen LogP contribution in [0.2, 0.25) is 0 Å². The lowest BCUT2D eigenvalue weighted by Crippen LogP contribution is -2.09. The molecule has 2 aromatic carbocycles. The van der Waals surface area contributed by atoms with Crippen LogP contribution in [0.5, 0.6) is 0 Å². The van der Waals surface area contributed by atoms with E-state index < -0.39 is 0 Å². The summed E-state index contributed by atoms with van der Waals surface area (Å²) in [6.07, 6.45) is 0. The van der Waals surface area contributed by atoms with Crippen LogP contribution in [0.3, 0.4) is 0 Å². The van der Waals surface area contributed by atoms with Gasteiger partial charge in [0.2, 0.25) is 0 Å². The monoisotopic (exact) mass is 475 g/mol. The van der Waals surface area contributed by atoms with E-state index in [1.54, 1.807) is 7.11 Å². The third-order valence-electron chi connectivity index (χ3n) is 3.21. The second kappa shape index (κ2) is 7.77. The molecule has 0 aliphatic heterocycles. The van der Waals surface area contributed by atoms with Crippen molar-refractivity contribution in [3.05, 3.63) is 60.9 Å². The summed E-state index contributed by atoms with van der Waals surface area (Å²) in [5.41, 5.74) is 3.41. The maximum Gasteiger partial charge on any atom is 0.0744 e. The number of benzene rings is 2. The number of anilines is 1. The molecule has 5 heteroatoms. The summed E-state index contributed by atoms with van der Waals surface area (Å²) in [7, 11) is 1.71. The smallest absolute Gasteiger partial charge is 0.0744 e. The summed E-state index contributed by atoms with van der Waals surface area (Å²) in [6, 6.07) is 12.5. The van der Waals surface area contributed by atoms with Crippen LogP contribution in [-0.2, 0) is 11.3 Å². The van der Waals surface area contributed by atoms with E-state index >= 15 is 0 Å². The molecule has 0 saturated heterocycles. The van der Waals surface area contributed by atoms with Crippen molar-refractivity contribution in [1.29, 1.82) is 0 Å². The van der Waals surface area contributed by atoms with Gasteiger partial charge in [0, 0.05) is 37.8 Å². The van der Waals surface area contributed by atoms with Crippen molar-refractivity contribution < 1.29 is 4.74 Å². The number of hydrogen-bond donors (Lipinski definition) is 1. The van der Waals surface area contributed by atoms with E-state index in [0.717, 1.165) is 24.7 Å². The predicted octanol–water partition coefficient (Wildman–Crippen LogP) is 6.29. The third kappa shape index (κ3) is 4.31. The number of hydrogen-bond acceptors (Lipinski definition) is 2. The van der Waals surface area contributed by atoms with E-state index in [-0.39, 0.29) is 6.04 Å². The first kappa shape index (κ1) is 17.0. The van der Waals surface area contributed by atoms with Gasteiger partial charge in [0.15, 0.2) is 0 Å². The highest BCUT2D eigenvalue weighted by molar-refractivity contribution is 9.11. The van der Waals surface area contributed by atoms with Gasteiger partial charge in [0.1, 0.15) is 0 Å². The molecule has 0 spiro atoms. The van der Waals surface area contributed by atoms with Gasteiger partial charge in [0.25, 0.3) is 0 Å². The van der Waals surface area contributed by atoms with Crippen molar-refractivity contribution >= 4 is 53.5 Å². The summed E-state index contributed by atoms with van der Waals surface area (Å²) in [4.78, 5) is 0. The topological polar surface area (TPSA) is 21.3 Å². The maximum absolute atomic E-state index is 5.29. The third-order valence-corrected chi connectivity index (χ3v) is 5.13. The van der Waals surface area contributed by atoms with Gasteiger partial charge in [-0.1, -0.05) is 59.9 Å². The first-order valence-corrected chi connectivity index (χ1v) is 8.88. The number of halogens is 3. The Bertz CT molecular complexity index is 631. The number of methoxy groups -OCH3 is 1. The molecule has 0 fully saturated rings. The Kier molecular flexibility index (Phi) is 6.29. The van der Waals surface area contributed by atoms with Gasteiger partial charge < -0.3 is 10.1 Å². The molecule has 21 heavy (non-hydrogen) atoms. The Hall–Kier alpha value is -0.360. The lowest BCUT2D eigenvalue weighted by atomic mass is 10.1. The van der Waals surface area contributed by atoms with Gasteiger partial charge >= 0.3 is 0 Å². The van der Waals surface area contributed by atoms with E-state index in [9.17, 15) is 0 Å². The first-order valence-electron chi connectivity index (χ1n) is 6.50. The largest absolute Gasteiger partial charge is 0.380 e. The summed E-state index contributed by atoms with van der Waals surface area (Å²) < 4.78 is 8.49. The molecular formula is C16H16Br3NO. The van der Waals surface area contributed by atoms with Gasteiger partial charge in [-0.25, -0.2) is 0 Å². The molecule has 1 N–H and O–H groups in total. The molecule has 0 radical (unpaired) electrons. The quantitative estimate of drug-likeness (QED) is 0.546. The van der Waals surface area contributed by atoms with Crippen molar-refractivity contribution in [2.24, 2.45) is 0 Å². The molecule has 112 valence electrons. The van der Waals surface area contributed by atoms with Gasteiger partial charge in [-0.2, -0.15) is 0 Å². The second-order valence-corrected chi connectivity index (χ2v) is 7.36. The number of rotatable bonds is 5. The lowest BCUT2D eigenvalue weighted by molar-refractivity contribution is 0.185. The zero-order chi connectivity index (χ0) is 15.4. The fourth-order valence-electron chi connectivity index (χ4n) is 2.15.